The molecule has 4 nitrogen and oxygen atoms in total. The topological polar surface area (TPSA) is 55.0 Å². The standard InChI is InChI=1S/C13H16N4S/c1-3-17(10-7-5-4-6-8-10)12-9-11(14)15-13(16-12)18-2/h4-9H,3H2,1-2H3,(H2,14,15,16). The van der Waals surface area contributed by atoms with Gasteiger partial charge in [0, 0.05) is 18.3 Å². The second kappa shape index (κ2) is 5.73. The van der Waals surface area contributed by atoms with Crippen LogP contribution in [-0.2, 0) is 0 Å². The molecule has 0 aliphatic rings. The number of thioether (sulfide) groups is 1. The number of hydrogen-bond acceptors (Lipinski definition) is 5. The van der Waals surface area contributed by atoms with Gasteiger partial charge in [0.15, 0.2) is 5.16 Å². The van der Waals surface area contributed by atoms with Crippen LogP contribution in [-0.4, -0.2) is 22.8 Å². The molecule has 0 spiro atoms. The lowest BCUT2D eigenvalue weighted by Crippen LogP contribution is -2.18. The normalized spacial score (nSPS) is 10.3. The molecule has 1 heterocycles. The van der Waals surface area contributed by atoms with E-state index in [9.17, 15) is 0 Å². The highest BCUT2D eigenvalue weighted by Gasteiger charge is 2.10. The van der Waals surface area contributed by atoms with E-state index in [0.29, 0.717) is 11.0 Å². The van der Waals surface area contributed by atoms with Crippen LogP contribution in [0.15, 0.2) is 41.6 Å². The molecular weight excluding hydrogens is 244 g/mol. The molecule has 0 aliphatic carbocycles. The summed E-state index contributed by atoms with van der Waals surface area (Å²) in [5.41, 5.74) is 6.92. The highest BCUT2D eigenvalue weighted by Crippen LogP contribution is 2.25. The molecule has 2 rings (SSSR count). The largest absolute Gasteiger partial charge is 0.383 e. The number of anilines is 3. The van der Waals surface area contributed by atoms with Crippen LogP contribution in [0.3, 0.4) is 0 Å². The number of nitrogen functional groups attached to an aromatic ring is 1. The van der Waals surface area contributed by atoms with E-state index in [0.717, 1.165) is 18.1 Å². The number of nitrogens with zero attached hydrogens (tertiary/aromatic N) is 3. The van der Waals surface area contributed by atoms with E-state index in [1.54, 1.807) is 6.07 Å². The number of rotatable bonds is 4. The van der Waals surface area contributed by atoms with Crippen molar-refractivity contribution in [2.75, 3.05) is 23.4 Å². The molecule has 0 aliphatic heterocycles. The fraction of sp³-hybridized carbons (Fsp3) is 0.231. The molecule has 18 heavy (non-hydrogen) atoms. The van der Waals surface area contributed by atoms with Crippen molar-refractivity contribution in [1.82, 2.24) is 9.97 Å². The molecule has 0 saturated carbocycles. The third kappa shape index (κ3) is 2.73. The second-order valence-corrected chi connectivity index (χ2v) is 4.49. The van der Waals surface area contributed by atoms with Crippen molar-refractivity contribution in [2.24, 2.45) is 0 Å². The van der Waals surface area contributed by atoms with E-state index in [4.69, 9.17) is 5.73 Å². The molecular formula is C13H16N4S. The Hall–Kier alpha value is -1.75. The van der Waals surface area contributed by atoms with Crippen LogP contribution in [0.4, 0.5) is 17.3 Å². The van der Waals surface area contributed by atoms with Crippen molar-refractivity contribution >= 4 is 29.1 Å². The molecule has 5 heteroatoms. The van der Waals surface area contributed by atoms with Crippen molar-refractivity contribution < 1.29 is 0 Å². The molecule has 1 aromatic heterocycles. The van der Waals surface area contributed by atoms with E-state index < -0.39 is 0 Å². The first-order valence-electron chi connectivity index (χ1n) is 5.75. The maximum atomic E-state index is 5.81. The van der Waals surface area contributed by atoms with Gasteiger partial charge in [-0.05, 0) is 25.3 Å². The van der Waals surface area contributed by atoms with Gasteiger partial charge in [-0.1, -0.05) is 30.0 Å². The Morgan fingerprint density at radius 3 is 2.56 bits per heavy atom. The highest BCUT2D eigenvalue weighted by atomic mass is 32.2. The molecule has 94 valence electrons. The minimum Gasteiger partial charge on any atom is -0.383 e. The van der Waals surface area contributed by atoms with Gasteiger partial charge in [-0.3, -0.25) is 0 Å². The summed E-state index contributed by atoms with van der Waals surface area (Å²) in [5, 5.41) is 0.694. The molecule has 2 N–H and O–H groups in total. The van der Waals surface area contributed by atoms with E-state index in [-0.39, 0.29) is 0 Å². The van der Waals surface area contributed by atoms with Crippen LogP contribution in [0.2, 0.25) is 0 Å². The number of nitrogens with two attached hydrogens (primary N) is 1. The van der Waals surface area contributed by atoms with Crippen molar-refractivity contribution in [3.63, 3.8) is 0 Å². The summed E-state index contributed by atoms with van der Waals surface area (Å²) in [4.78, 5) is 10.8. The van der Waals surface area contributed by atoms with E-state index in [2.05, 4.69) is 33.9 Å². The Morgan fingerprint density at radius 1 is 1.22 bits per heavy atom. The van der Waals surface area contributed by atoms with Gasteiger partial charge in [-0.15, -0.1) is 0 Å². The summed E-state index contributed by atoms with van der Waals surface area (Å²) in [5.74, 6) is 1.33. The number of aromatic nitrogens is 2. The minimum absolute atomic E-state index is 0.499. The number of hydrogen-bond donors (Lipinski definition) is 1. The Balaban J connectivity index is 2.42. The monoisotopic (exact) mass is 260 g/mol. The van der Waals surface area contributed by atoms with Crippen LogP contribution >= 0.6 is 11.8 Å². The number of para-hydroxylation sites is 1. The second-order valence-electron chi connectivity index (χ2n) is 3.72. The van der Waals surface area contributed by atoms with Gasteiger partial charge in [0.05, 0.1) is 0 Å². The van der Waals surface area contributed by atoms with Gasteiger partial charge in [0.1, 0.15) is 11.6 Å². The van der Waals surface area contributed by atoms with Crippen LogP contribution in [0.5, 0.6) is 0 Å². The van der Waals surface area contributed by atoms with Gasteiger partial charge >= 0.3 is 0 Å². The van der Waals surface area contributed by atoms with Crippen molar-refractivity contribution in [3.8, 4) is 0 Å². The molecule has 0 amide bonds. The molecule has 0 fully saturated rings. The zero-order valence-electron chi connectivity index (χ0n) is 10.5. The lowest BCUT2D eigenvalue weighted by atomic mass is 10.3. The van der Waals surface area contributed by atoms with Crippen molar-refractivity contribution in [1.29, 1.82) is 0 Å². The van der Waals surface area contributed by atoms with Gasteiger partial charge in [-0.25, -0.2) is 9.97 Å². The first kappa shape index (κ1) is 12.7. The summed E-state index contributed by atoms with van der Waals surface area (Å²) in [6.07, 6.45) is 1.94. The zero-order valence-corrected chi connectivity index (χ0v) is 11.3. The minimum atomic E-state index is 0.499. The van der Waals surface area contributed by atoms with Crippen molar-refractivity contribution in [3.05, 3.63) is 36.4 Å². The summed E-state index contributed by atoms with van der Waals surface area (Å²) in [6, 6.07) is 11.9. The third-order valence-electron chi connectivity index (χ3n) is 2.56. The predicted molar refractivity (Wildman–Crippen MR) is 77.3 cm³/mol. The van der Waals surface area contributed by atoms with E-state index in [1.165, 1.54) is 11.8 Å². The van der Waals surface area contributed by atoms with Crippen LogP contribution in [0.1, 0.15) is 6.92 Å². The van der Waals surface area contributed by atoms with Gasteiger partial charge in [0.2, 0.25) is 0 Å². The summed E-state index contributed by atoms with van der Waals surface area (Å²) >= 11 is 1.49. The average Bonchev–Trinajstić information content (AvgIpc) is 2.40. The lowest BCUT2D eigenvalue weighted by Gasteiger charge is -2.22. The van der Waals surface area contributed by atoms with E-state index >= 15 is 0 Å². The first-order valence-corrected chi connectivity index (χ1v) is 6.98. The molecule has 0 radical (unpaired) electrons. The molecule has 1 aromatic carbocycles. The summed E-state index contributed by atoms with van der Waals surface area (Å²) < 4.78 is 0. The molecule has 0 atom stereocenters. The zero-order chi connectivity index (χ0) is 13.0. The Morgan fingerprint density at radius 2 is 1.94 bits per heavy atom. The SMILES string of the molecule is CCN(c1ccccc1)c1cc(N)nc(SC)n1. The Kier molecular flexibility index (Phi) is 4.04. The molecule has 2 aromatic rings. The molecule has 0 saturated heterocycles. The quantitative estimate of drug-likeness (QED) is 0.676. The highest BCUT2D eigenvalue weighted by molar-refractivity contribution is 7.98. The third-order valence-corrected chi connectivity index (χ3v) is 3.10. The Bertz CT molecular complexity index is 516. The summed E-state index contributed by atoms with van der Waals surface area (Å²) in [6.45, 7) is 2.92. The molecule has 0 unspecified atom stereocenters. The maximum absolute atomic E-state index is 5.81. The number of benzene rings is 1. The summed E-state index contributed by atoms with van der Waals surface area (Å²) in [7, 11) is 0. The van der Waals surface area contributed by atoms with Crippen LogP contribution in [0, 0.1) is 0 Å². The van der Waals surface area contributed by atoms with Crippen LogP contribution < -0.4 is 10.6 Å². The lowest BCUT2D eigenvalue weighted by molar-refractivity contribution is 0.915. The van der Waals surface area contributed by atoms with Gasteiger partial charge < -0.3 is 10.6 Å². The fourth-order valence-electron chi connectivity index (χ4n) is 1.74. The first-order chi connectivity index (χ1) is 8.74. The average molecular weight is 260 g/mol. The van der Waals surface area contributed by atoms with Gasteiger partial charge in [-0.2, -0.15) is 0 Å². The van der Waals surface area contributed by atoms with Crippen LogP contribution in [0.25, 0.3) is 0 Å². The molecule has 0 bridgehead atoms. The smallest absolute Gasteiger partial charge is 0.191 e. The predicted octanol–water partition coefficient (Wildman–Crippen LogP) is 2.94. The van der Waals surface area contributed by atoms with E-state index in [1.807, 2.05) is 24.5 Å². The maximum Gasteiger partial charge on any atom is 0.191 e. The Labute approximate surface area is 111 Å². The van der Waals surface area contributed by atoms with Gasteiger partial charge in [0.25, 0.3) is 0 Å². The fourth-order valence-corrected chi connectivity index (χ4v) is 2.13. The van der Waals surface area contributed by atoms with Crippen molar-refractivity contribution in [2.45, 2.75) is 12.1 Å².